The SMILES string of the molecule is CS(=O)(=O)c1ccc(C(=O)OCC(=O)c2cccs2)cc1[N+](=O)[O-]. The third-order valence-electron chi connectivity index (χ3n) is 2.92. The van der Waals surface area contributed by atoms with Gasteiger partial charge in [0.25, 0.3) is 5.69 Å². The number of carbonyl (C=O) groups is 2. The van der Waals surface area contributed by atoms with Crippen molar-refractivity contribution < 1.29 is 27.7 Å². The molecule has 0 radical (unpaired) electrons. The number of nitrogens with zero attached hydrogens (tertiary/aromatic N) is 1. The van der Waals surface area contributed by atoms with Crippen LogP contribution in [-0.4, -0.2) is 38.0 Å². The molecule has 0 saturated heterocycles. The zero-order chi connectivity index (χ0) is 17.9. The van der Waals surface area contributed by atoms with Gasteiger partial charge >= 0.3 is 5.97 Å². The van der Waals surface area contributed by atoms with Crippen molar-refractivity contribution in [2.75, 3.05) is 12.9 Å². The number of ketones is 1. The zero-order valence-electron chi connectivity index (χ0n) is 12.3. The van der Waals surface area contributed by atoms with Crippen LogP contribution >= 0.6 is 11.3 Å². The van der Waals surface area contributed by atoms with E-state index in [1.807, 2.05) is 0 Å². The topological polar surface area (TPSA) is 121 Å². The molecule has 1 aromatic carbocycles. The van der Waals surface area contributed by atoms with Gasteiger partial charge in [0.15, 0.2) is 16.4 Å². The first-order valence-corrected chi connectivity index (χ1v) is 9.19. The van der Waals surface area contributed by atoms with Crippen molar-refractivity contribution in [3.8, 4) is 0 Å². The molecular weight excluding hydrogens is 358 g/mol. The smallest absolute Gasteiger partial charge is 0.338 e. The fourth-order valence-electron chi connectivity index (χ4n) is 1.82. The van der Waals surface area contributed by atoms with Crippen molar-refractivity contribution in [2.45, 2.75) is 4.90 Å². The van der Waals surface area contributed by atoms with Gasteiger partial charge in [-0.3, -0.25) is 14.9 Å². The Bertz CT molecular complexity index is 901. The van der Waals surface area contributed by atoms with Crippen LogP contribution in [0.4, 0.5) is 5.69 Å². The lowest BCUT2D eigenvalue weighted by Crippen LogP contribution is -2.14. The number of sulfone groups is 1. The summed E-state index contributed by atoms with van der Waals surface area (Å²) in [7, 11) is -3.82. The van der Waals surface area contributed by atoms with Crippen LogP contribution in [0.5, 0.6) is 0 Å². The molecule has 0 amide bonds. The summed E-state index contributed by atoms with van der Waals surface area (Å²) in [5.41, 5.74) is -0.940. The minimum atomic E-state index is -3.82. The maximum absolute atomic E-state index is 11.9. The predicted octanol–water partition coefficient (Wildman–Crippen LogP) is 2.10. The van der Waals surface area contributed by atoms with Gasteiger partial charge in [0.1, 0.15) is 4.90 Å². The van der Waals surface area contributed by atoms with E-state index >= 15 is 0 Å². The summed E-state index contributed by atoms with van der Waals surface area (Å²) >= 11 is 1.19. The van der Waals surface area contributed by atoms with E-state index in [0.717, 1.165) is 24.5 Å². The zero-order valence-corrected chi connectivity index (χ0v) is 13.9. The first-order chi connectivity index (χ1) is 11.2. The molecule has 24 heavy (non-hydrogen) atoms. The van der Waals surface area contributed by atoms with Crippen LogP contribution in [0.2, 0.25) is 0 Å². The second-order valence-corrected chi connectivity index (χ2v) is 7.62. The Morgan fingerprint density at radius 3 is 2.54 bits per heavy atom. The standard InChI is InChI=1S/C14H11NO7S2/c1-24(20,21)13-5-4-9(7-10(13)15(18)19)14(17)22-8-11(16)12-3-2-6-23-12/h2-7H,8H2,1H3. The number of Topliss-reactive ketones (excluding diaryl/α,β-unsaturated/α-hetero) is 1. The number of benzene rings is 1. The van der Waals surface area contributed by atoms with Crippen LogP contribution in [0.15, 0.2) is 40.6 Å². The van der Waals surface area contributed by atoms with Crippen molar-refractivity contribution in [3.05, 3.63) is 56.3 Å². The van der Waals surface area contributed by atoms with Gasteiger partial charge in [-0.25, -0.2) is 13.2 Å². The molecule has 0 spiro atoms. The van der Waals surface area contributed by atoms with Crippen molar-refractivity contribution in [3.63, 3.8) is 0 Å². The van der Waals surface area contributed by atoms with Gasteiger partial charge < -0.3 is 4.74 Å². The maximum atomic E-state index is 11.9. The van der Waals surface area contributed by atoms with Gasteiger partial charge in [-0.1, -0.05) is 6.07 Å². The first-order valence-electron chi connectivity index (χ1n) is 6.42. The number of nitro benzene ring substituents is 1. The van der Waals surface area contributed by atoms with Crippen LogP contribution in [0.1, 0.15) is 20.0 Å². The van der Waals surface area contributed by atoms with Gasteiger partial charge in [-0.05, 0) is 23.6 Å². The Hall–Kier alpha value is -2.59. The quantitative estimate of drug-likeness (QED) is 0.331. The lowest BCUT2D eigenvalue weighted by Gasteiger charge is -2.05. The molecule has 1 heterocycles. The highest BCUT2D eigenvalue weighted by molar-refractivity contribution is 7.90. The monoisotopic (exact) mass is 369 g/mol. The molecule has 126 valence electrons. The van der Waals surface area contributed by atoms with E-state index in [0.29, 0.717) is 4.88 Å². The number of thiophene rings is 1. The summed E-state index contributed by atoms with van der Waals surface area (Å²) in [4.78, 5) is 33.7. The average molecular weight is 369 g/mol. The minimum Gasteiger partial charge on any atom is -0.454 e. The van der Waals surface area contributed by atoms with Crippen molar-refractivity contribution in [2.24, 2.45) is 0 Å². The van der Waals surface area contributed by atoms with Crippen molar-refractivity contribution in [1.82, 2.24) is 0 Å². The van der Waals surface area contributed by atoms with Crippen LogP contribution in [0.3, 0.4) is 0 Å². The number of hydrogen-bond donors (Lipinski definition) is 0. The highest BCUT2D eigenvalue weighted by Gasteiger charge is 2.24. The average Bonchev–Trinajstić information content (AvgIpc) is 3.05. The Morgan fingerprint density at radius 1 is 1.29 bits per heavy atom. The van der Waals surface area contributed by atoms with Gasteiger partial charge in [0, 0.05) is 12.3 Å². The van der Waals surface area contributed by atoms with E-state index in [1.165, 1.54) is 11.3 Å². The number of esters is 1. The Morgan fingerprint density at radius 2 is 2.00 bits per heavy atom. The molecule has 2 rings (SSSR count). The molecule has 0 aliphatic heterocycles. The molecule has 0 bridgehead atoms. The molecule has 0 fully saturated rings. The molecule has 0 N–H and O–H groups in total. The van der Waals surface area contributed by atoms with E-state index in [1.54, 1.807) is 17.5 Å². The normalized spacial score (nSPS) is 11.0. The Labute approximate surface area is 140 Å². The molecule has 2 aromatic rings. The summed E-state index contributed by atoms with van der Waals surface area (Å²) in [6.07, 6.45) is 0.826. The van der Waals surface area contributed by atoms with E-state index in [9.17, 15) is 28.1 Å². The molecule has 8 nitrogen and oxygen atoms in total. The van der Waals surface area contributed by atoms with Crippen molar-refractivity contribution >= 4 is 38.6 Å². The van der Waals surface area contributed by atoms with Crippen LogP contribution in [-0.2, 0) is 14.6 Å². The fraction of sp³-hybridized carbons (Fsp3) is 0.143. The number of rotatable bonds is 6. The molecule has 1 aromatic heterocycles. The molecule has 0 atom stereocenters. The first kappa shape index (κ1) is 17.8. The maximum Gasteiger partial charge on any atom is 0.338 e. The molecule has 0 saturated carbocycles. The highest BCUT2D eigenvalue weighted by Crippen LogP contribution is 2.25. The lowest BCUT2D eigenvalue weighted by molar-refractivity contribution is -0.387. The van der Waals surface area contributed by atoms with Gasteiger partial charge in [-0.2, -0.15) is 0 Å². The molecule has 10 heteroatoms. The van der Waals surface area contributed by atoms with E-state index in [4.69, 9.17) is 4.74 Å². The summed E-state index contributed by atoms with van der Waals surface area (Å²) in [6.45, 7) is -0.513. The number of ether oxygens (including phenoxy) is 1. The third kappa shape index (κ3) is 4.03. The molecule has 0 aliphatic rings. The summed E-state index contributed by atoms with van der Waals surface area (Å²) < 4.78 is 27.9. The Kier molecular flexibility index (Phi) is 5.10. The Balaban J connectivity index is 2.19. The van der Waals surface area contributed by atoms with E-state index in [2.05, 4.69) is 0 Å². The van der Waals surface area contributed by atoms with Crippen LogP contribution in [0, 0.1) is 10.1 Å². The second kappa shape index (κ2) is 6.89. The third-order valence-corrected chi connectivity index (χ3v) is 4.98. The van der Waals surface area contributed by atoms with Crippen LogP contribution in [0.25, 0.3) is 0 Å². The van der Waals surface area contributed by atoms with Crippen molar-refractivity contribution in [1.29, 1.82) is 0 Å². The minimum absolute atomic E-state index is 0.215. The molecule has 0 unspecified atom stereocenters. The molecule has 0 aliphatic carbocycles. The van der Waals surface area contributed by atoms with E-state index in [-0.39, 0.29) is 5.56 Å². The highest BCUT2D eigenvalue weighted by atomic mass is 32.2. The number of carbonyl (C=O) groups excluding carboxylic acids is 2. The van der Waals surface area contributed by atoms with Gasteiger partial charge in [0.2, 0.25) is 5.78 Å². The summed E-state index contributed by atoms with van der Waals surface area (Å²) in [5.74, 6) is -1.36. The number of hydrogen-bond acceptors (Lipinski definition) is 8. The second-order valence-electron chi connectivity index (χ2n) is 4.69. The molecular formula is C14H11NO7S2. The predicted molar refractivity (Wildman–Crippen MR) is 85.1 cm³/mol. The summed E-state index contributed by atoms with van der Waals surface area (Å²) in [6, 6.07) is 6.13. The fourth-order valence-corrected chi connectivity index (χ4v) is 3.30. The van der Waals surface area contributed by atoms with E-state index < -0.39 is 43.7 Å². The van der Waals surface area contributed by atoms with Gasteiger partial charge in [-0.15, -0.1) is 11.3 Å². The largest absolute Gasteiger partial charge is 0.454 e. The van der Waals surface area contributed by atoms with Gasteiger partial charge in [0.05, 0.1) is 15.4 Å². The number of nitro groups is 1. The van der Waals surface area contributed by atoms with Crippen LogP contribution < -0.4 is 0 Å². The summed E-state index contributed by atoms with van der Waals surface area (Å²) in [5, 5.41) is 12.7. The lowest BCUT2D eigenvalue weighted by atomic mass is 10.2.